The molecule has 0 atom stereocenters. The summed E-state index contributed by atoms with van der Waals surface area (Å²) in [6.45, 7) is -0.0944. The van der Waals surface area contributed by atoms with Gasteiger partial charge in [-0.3, -0.25) is 4.57 Å². The molecule has 5 nitrogen and oxygen atoms in total. The van der Waals surface area contributed by atoms with Gasteiger partial charge in [0.15, 0.2) is 5.58 Å². The summed E-state index contributed by atoms with van der Waals surface area (Å²) in [7, 11) is 0. The number of carbonyl (C=O) groups is 1. The first-order chi connectivity index (χ1) is 10.1. The summed E-state index contributed by atoms with van der Waals surface area (Å²) in [5, 5.41) is 8.94. The van der Waals surface area contributed by atoms with Crippen LogP contribution in [0.2, 0.25) is 0 Å². The minimum Gasteiger partial charge on any atom is -0.478 e. The molecular weight excluding hydrogens is 277 g/mol. The Morgan fingerprint density at radius 3 is 2.76 bits per heavy atom. The summed E-state index contributed by atoms with van der Waals surface area (Å²) < 4.78 is 20.1. The molecular formula is C15H10FNO4. The fraction of sp³-hybridized carbons (Fsp3) is 0.0667. The summed E-state index contributed by atoms with van der Waals surface area (Å²) in [4.78, 5) is 22.8. The van der Waals surface area contributed by atoms with Gasteiger partial charge in [-0.25, -0.2) is 14.0 Å². The van der Waals surface area contributed by atoms with Crippen LogP contribution in [0.4, 0.5) is 4.39 Å². The largest absolute Gasteiger partial charge is 0.478 e. The number of benzene rings is 2. The Bertz CT molecular complexity index is 894. The summed E-state index contributed by atoms with van der Waals surface area (Å²) in [5.41, 5.74) is 1.01. The predicted molar refractivity (Wildman–Crippen MR) is 72.9 cm³/mol. The number of carboxylic acid groups (broad SMARTS) is 1. The molecule has 0 amide bonds. The van der Waals surface area contributed by atoms with E-state index in [1.54, 1.807) is 24.3 Å². The van der Waals surface area contributed by atoms with Crippen molar-refractivity contribution >= 4 is 17.1 Å². The van der Waals surface area contributed by atoms with Crippen LogP contribution in [-0.2, 0) is 6.54 Å². The number of rotatable bonds is 3. The summed E-state index contributed by atoms with van der Waals surface area (Å²) >= 11 is 0. The lowest BCUT2D eigenvalue weighted by molar-refractivity contribution is 0.0696. The van der Waals surface area contributed by atoms with Crippen molar-refractivity contribution < 1.29 is 18.7 Å². The number of nitrogens with zero attached hydrogens (tertiary/aromatic N) is 1. The van der Waals surface area contributed by atoms with Crippen LogP contribution in [0.1, 0.15) is 15.9 Å². The number of aromatic nitrogens is 1. The quantitative estimate of drug-likeness (QED) is 0.803. The van der Waals surface area contributed by atoms with E-state index in [1.165, 1.54) is 16.7 Å². The molecule has 0 saturated heterocycles. The maximum absolute atomic E-state index is 13.8. The van der Waals surface area contributed by atoms with Crippen molar-refractivity contribution in [3.8, 4) is 0 Å². The second-order valence-corrected chi connectivity index (χ2v) is 4.53. The summed E-state index contributed by atoms with van der Waals surface area (Å²) in [5.74, 6) is -2.34. The molecule has 0 aliphatic heterocycles. The van der Waals surface area contributed by atoms with Crippen LogP contribution in [0.3, 0.4) is 0 Å². The molecule has 1 N–H and O–H groups in total. The Labute approximate surface area is 117 Å². The minimum absolute atomic E-state index is 0.0350. The monoisotopic (exact) mass is 287 g/mol. The van der Waals surface area contributed by atoms with Gasteiger partial charge in [0.25, 0.3) is 0 Å². The van der Waals surface area contributed by atoms with E-state index in [1.807, 2.05) is 0 Å². The number of halogens is 1. The number of fused-ring (bicyclic) bond motifs is 1. The van der Waals surface area contributed by atoms with Gasteiger partial charge in [0.2, 0.25) is 0 Å². The molecule has 3 aromatic rings. The fourth-order valence-corrected chi connectivity index (χ4v) is 2.16. The van der Waals surface area contributed by atoms with E-state index in [0.717, 1.165) is 6.07 Å². The normalized spacial score (nSPS) is 10.9. The van der Waals surface area contributed by atoms with Crippen LogP contribution in [0, 0.1) is 5.82 Å². The lowest BCUT2D eigenvalue weighted by Crippen LogP contribution is -2.16. The predicted octanol–water partition coefficient (Wildman–Crippen LogP) is 2.48. The molecule has 0 fully saturated rings. The third-order valence-electron chi connectivity index (χ3n) is 3.19. The first-order valence-corrected chi connectivity index (χ1v) is 6.16. The number of carboxylic acids is 1. The lowest BCUT2D eigenvalue weighted by atomic mass is 10.1. The van der Waals surface area contributed by atoms with E-state index in [-0.39, 0.29) is 17.7 Å². The Balaban J connectivity index is 2.10. The Morgan fingerprint density at radius 2 is 2.00 bits per heavy atom. The lowest BCUT2D eigenvalue weighted by Gasteiger charge is -2.05. The number of para-hydroxylation sites is 2. The molecule has 0 bridgehead atoms. The van der Waals surface area contributed by atoms with Crippen molar-refractivity contribution in [1.82, 2.24) is 4.57 Å². The van der Waals surface area contributed by atoms with Gasteiger partial charge in [0.1, 0.15) is 5.82 Å². The average molecular weight is 287 g/mol. The Morgan fingerprint density at radius 1 is 1.24 bits per heavy atom. The maximum atomic E-state index is 13.8. The SMILES string of the molecule is O=C(O)c1ccc(F)c(Cn2c(=O)oc3ccccc32)c1. The molecule has 3 rings (SSSR count). The van der Waals surface area contributed by atoms with Gasteiger partial charge in [0, 0.05) is 5.56 Å². The van der Waals surface area contributed by atoms with Gasteiger partial charge in [-0.2, -0.15) is 0 Å². The molecule has 0 aliphatic carbocycles. The summed E-state index contributed by atoms with van der Waals surface area (Å²) in [6, 6.07) is 10.2. The van der Waals surface area contributed by atoms with Gasteiger partial charge in [-0.1, -0.05) is 12.1 Å². The number of hydrogen-bond donors (Lipinski definition) is 1. The van der Waals surface area contributed by atoms with Gasteiger partial charge in [0.05, 0.1) is 17.6 Å². The molecule has 6 heteroatoms. The van der Waals surface area contributed by atoms with E-state index >= 15 is 0 Å². The van der Waals surface area contributed by atoms with Crippen molar-refractivity contribution in [3.05, 3.63) is 70.0 Å². The van der Waals surface area contributed by atoms with Crippen LogP contribution >= 0.6 is 0 Å². The molecule has 0 radical (unpaired) electrons. The van der Waals surface area contributed by atoms with Crippen LogP contribution < -0.4 is 5.76 Å². The standard InChI is InChI=1S/C15H10FNO4/c16-11-6-5-9(14(18)19)7-10(11)8-17-12-3-1-2-4-13(12)21-15(17)20/h1-7H,8H2,(H,18,19). The Hall–Kier alpha value is -2.89. The fourth-order valence-electron chi connectivity index (χ4n) is 2.16. The zero-order chi connectivity index (χ0) is 15.0. The van der Waals surface area contributed by atoms with E-state index in [2.05, 4.69) is 0 Å². The first kappa shape index (κ1) is 13.1. The van der Waals surface area contributed by atoms with Gasteiger partial charge in [-0.05, 0) is 30.3 Å². The molecule has 1 aromatic heterocycles. The number of hydrogen-bond acceptors (Lipinski definition) is 3. The van der Waals surface area contributed by atoms with Crippen molar-refractivity contribution in [3.63, 3.8) is 0 Å². The van der Waals surface area contributed by atoms with Crippen LogP contribution in [0.5, 0.6) is 0 Å². The third-order valence-corrected chi connectivity index (χ3v) is 3.19. The Kier molecular flexibility index (Phi) is 3.06. The number of oxazole rings is 1. The molecule has 21 heavy (non-hydrogen) atoms. The highest BCUT2D eigenvalue weighted by Crippen LogP contribution is 2.16. The topological polar surface area (TPSA) is 72.4 Å². The average Bonchev–Trinajstić information content (AvgIpc) is 2.77. The molecule has 0 unspecified atom stereocenters. The zero-order valence-corrected chi connectivity index (χ0v) is 10.7. The van der Waals surface area contributed by atoms with E-state index in [0.29, 0.717) is 11.1 Å². The van der Waals surface area contributed by atoms with Crippen LogP contribution in [0.15, 0.2) is 51.7 Å². The highest BCUT2D eigenvalue weighted by atomic mass is 19.1. The van der Waals surface area contributed by atoms with Crippen LogP contribution in [-0.4, -0.2) is 15.6 Å². The van der Waals surface area contributed by atoms with E-state index in [4.69, 9.17) is 9.52 Å². The maximum Gasteiger partial charge on any atom is 0.420 e. The summed E-state index contributed by atoms with van der Waals surface area (Å²) in [6.07, 6.45) is 0. The molecule has 106 valence electrons. The smallest absolute Gasteiger partial charge is 0.420 e. The van der Waals surface area contributed by atoms with Gasteiger partial charge in [-0.15, -0.1) is 0 Å². The second-order valence-electron chi connectivity index (χ2n) is 4.53. The van der Waals surface area contributed by atoms with Crippen molar-refractivity contribution in [2.24, 2.45) is 0 Å². The van der Waals surface area contributed by atoms with Crippen molar-refractivity contribution in [2.45, 2.75) is 6.54 Å². The second kappa shape index (κ2) is 4.90. The number of aromatic carboxylic acids is 1. The molecule has 0 saturated carbocycles. The van der Waals surface area contributed by atoms with Crippen molar-refractivity contribution in [2.75, 3.05) is 0 Å². The first-order valence-electron chi connectivity index (χ1n) is 6.16. The zero-order valence-electron chi connectivity index (χ0n) is 10.7. The van der Waals surface area contributed by atoms with Gasteiger partial charge >= 0.3 is 11.7 Å². The van der Waals surface area contributed by atoms with Crippen LogP contribution in [0.25, 0.3) is 11.1 Å². The minimum atomic E-state index is -1.15. The molecule has 0 aliphatic rings. The van der Waals surface area contributed by atoms with E-state index in [9.17, 15) is 14.0 Å². The van der Waals surface area contributed by atoms with E-state index < -0.39 is 17.5 Å². The van der Waals surface area contributed by atoms with Gasteiger partial charge < -0.3 is 9.52 Å². The highest BCUT2D eigenvalue weighted by Gasteiger charge is 2.13. The van der Waals surface area contributed by atoms with Crippen molar-refractivity contribution in [1.29, 1.82) is 0 Å². The molecule has 2 aromatic carbocycles. The molecule has 1 heterocycles. The third kappa shape index (κ3) is 2.31. The molecule has 0 spiro atoms. The highest BCUT2D eigenvalue weighted by molar-refractivity contribution is 5.87.